The first-order valence-corrected chi connectivity index (χ1v) is 0. The molecule has 0 aliphatic rings. The van der Waals surface area contributed by atoms with Gasteiger partial charge in [0.1, 0.15) is 0 Å². The first kappa shape index (κ1) is 31.9. The zero-order valence-corrected chi connectivity index (χ0v) is 9.56. The largest absolute Gasteiger partial charge is 0 e. The van der Waals surface area contributed by atoms with Gasteiger partial charge in [-0.25, -0.2) is 0 Å². The SMILES string of the molecule is [Co].[Ir].[Ir].[Ir]. The summed E-state index contributed by atoms with van der Waals surface area (Å²) in [6, 6.07) is 0. The van der Waals surface area contributed by atoms with Crippen LogP contribution in [0.15, 0.2) is 0 Å². The van der Waals surface area contributed by atoms with Crippen molar-refractivity contribution in [2.75, 3.05) is 0 Å². The van der Waals surface area contributed by atoms with Gasteiger partial charge in [0.05, 0.1) is 0 Å². The average Bonchev–Trinajstić information content (AvgIpc) is 0. The zero-order valence-electron chi connectivity index (χ0n) is 1.33. The van der Waals surface area contributed by atoms with E-state index in [-0.39, 0.29) is 77.1 Å². The van der Waals surface area contributed by atoms with Crippen molar-refractivity contribution in [1.82, 2.24) is 0 Å². The molecule has 0 saturated heterocycles. The van der Waals surface area contributed by atoms with Crippen LogP contribution >= 0.6 is 0 Å². The fraction of sp³-hybridized carbons (Fsp3) is 0. The van der Waals surface area contributed by atoms with Crippen molar-refractivity contribution in [2.24, 2.45) is 0 Å². The Morgan fingerprint density at radius 3 is 0.500 bits per heavy atom. The van der Waals surface area contributed by atoms with E-state index in [0.717, 1.165) is 0 Å². The summed E-state index contributed by atoms with van der Waals surface area (Å²) in [5.41, 5.74) is 0. The van der Waals surface area contributed by atoms with Gasteiger partial charge in [-0.1, -0.05) is 0 Å². The van der Waals surface area contributed by atoms with Crippen LogP contribution in [0.5, 0.6) is 0 Å². The molecule has 0 N–H and O–H groups in total. The minimum Gasteiger partial charge on any atom is 0 e. The maximum absolute atomic E-state index is 0. The van der Waals surface area contributed by atoms with Crippen molar-refractivity contribution < 1.29 is 77.1 Å². The minimum atomic E-state index is 0. The second-order valence-electron chi connectivity index (χ2n) is 0. The van der Waals surface area contributed by atoms with Crippen molar-refractivity contribution >= 4 is 0 Å². The molecule has 0 nitrogen and oxygen atoms in total. The average molecular weight is 636 g/mol. The van der Waals surface area contributed by atoms with Crippen LogP contribution in [0.4, 0.5) is 0 Å². The van der Waals surface area contributed by atoms with E-state index < -0.39 is 0 Å². The standard InChI is InChI=1S/Co.3Ir. The molecule has 4 heteroatoms. The van der Waals surface area contributed by atoms with Gasteiger partial charge in [-0.05, 0) is 0 Å². The second-order valence-corrected chi connectivity index (χ2v) is 0. The van der Waals surface area contributed by atoms with Crippen LogP contribution in [-0.4, -0.2) is 0 Å². The third kappa shape index (κ3) is 8.82. The van der Waals surface area contributed by atoms with Crippen LogP contribution in [0.2, 0.25) is 0 Å². The van der Waals surface area contributed by atoms with Gasteiger partial charge >= 0.3 is 0 Å². The van der Waals surface area contributed by atoms with E-state index in [2.05, 4.69) is 0 Å². The van der Waals surface area contributed by atoms with E-state index in [1.165, 1.54) is 0 Å². The van der Waals surface area contributed by atoms with E-state index in [1.54, 1.807) is 0 Å². The van der Waals surface area contributed by atoms with Crippen LogP contribution in [0.1, 0.15) is 0 Å². The molecule has 0 aromatic rings. The fourth-order valence-corrected chi connectivity index (χ4v) is 0. The number of hydrogen-bond donors (Lipinski definition) is 0. The summed E-state index contributed by atoms with van der Waals surface area (Å²) in [6.07, 6.45) is 0. The second kappa shape index (κ2) is 18.0. The molecule has 4 heavy (non-hydrogen) atoms. The quantitative estimate of drug-likeness (QED) is 0.352. The minimum absolute atomic E-state index is 0. The molecule has 0 aliphatic carbocycles. The van der Waals surface area contributed by atoms with Gasteiger partial charge in [-0.15, -0.1) is 0 Å². The van der Waals surface area contributed by atoms with E-state index >= 15 is 0 Å². The van der Waals surface area contributed by atoms with Gasteiger partial charge in [-0.3, -0.25) is 0 Å². The molecule has 0 aliphatic heterocycles. The van der Waals surface area contributed by atoms with Gasteiger partial charge in [0.15, 0.2) is 0 Å². The summed E-state index contributed by atoms with van der Waals surface area (Å²) >= 11 is 0. The summed E-state index contributed by atoms with van der Waals surface area (Å²) in [7, 11) is 0. The Kier molecular flexibility index (Phi) is 143. The summed E-state index contributed by atoms with van der Waals surface area (Å²) in [5.74, 6) is 0. The van der Waals surface area contributed by atoms with E-state index in [0.29, 0.717) is 0 Å². The first-order valence-electron chi connectivity index (χ1n) is 0. The van der Waals surface area contributed by atoms with Gasteiger partial charge in [0.2, 0.25) is 0 Å². The van der Waals surface area contributed by atoms with Crippen molar-refractivity contribution in [2.45, 2.75) is 0 Å². The topological polar surface area (TPSA) is 0 Å². The third-order valence-electron chi connectivity index (χ3n) is 0. The third-order valence-corrected chi connectivity index (χ3v) is 0. The molecular formula is CoIr3. The normalized spacial score (nSPS) is 0. The molecule has 0 aromatic carbocycles. The Balaban J connectivity index is 0. The maximum Gasteiger partial charge on any atom is 0 e. The van der Waals surface area contributed by atoms with Crippen LogP contribution in [0.25, 0.3) is 0 Å². The molecule has 0 saturated carbocycles. The van der Waals surface area contributed by atoms with Crippen molar-refractivity contribution in [3.8, 4) is 0 Å². The molecule has 4 radical (unpaired) electrons. The van der Waals surface area contributed by atoms with Crippen molar-refractivity contribution in [3.05, 3.63) is 0 Å². The van der Waals surface area contributed by atoms with Gasteiger partial charge in [0.25, 0.3) is 0 Å². The van der Waals surface area contributed by atoms with Gasteiger partial charge in [-0.2, -0.15) is 0 Å². The number of hydrogen-bond acceptors (Lipinski definition) is 0. The Hall–Kier alpha value is 2.45. The van der Waals surface area contributed by atoms with Crippen LogP contribution in [0, 0.1) is 0 Å². The first-order chi connectivity index (χ1) is 0. The molecule has 0 fully saturated rings. The molecular weight excluding hydrogens is 636 g/mol. The van der Waals surface area contributed by atoms with Crippen LogP contribution < -0.4 is 0 Å². The molecule has 0 amide bonds. The Bertz CT molecular complexity index is 3.25. The summed E-state index contributed by atoms with van der Waals surface area (Å²) < 4.78 is 0. The smallest absolute Gasteiger partial charge is 0 e. The fourth-order valence-electron chi connectivity index (χ4n) is 0. The summed E-state index contributed by atoms with van der Waals surface area (Å²) in [4.78, 5) is 0. The summed E-state index contributed by atoms with van der Waals surface area (Å²) in [6.45, 7) is 0. The van der Waals surface area contributed by atoms with Crippen LogP contribution in [0.3, 0.4) is 0 Å². The van der Waals surface area contributed by atoms with Crippen LogP contribution in [-0.2, 0) is 77.1 Å². The molecule has 0 rings (SSSR count). The maximum atomic E-state index is 0. The molecule has 0 unspecified atom stereocenters. The molecule has 0 bridgehead atoms. The Labute approximate surface area is 76.1 Å². The van der Waals surface area contributed by atoms with Gasteiger partial charge < -0.3 is 0 Å². The van der Waals surface area contributed by atoms with E-state index in [9.17, 15) is 0 Å². The van der Waals surface area contributed by atoms with E-state index in [1.807, 2.05) is 0 Å². The molecule has 0 heterocycles. The molecule has 0 spiro atoms. The zero-order chi connectivity index (χ0) is 0. The monoisotopic (exact) mass is 638 g/mol. The van der Waals surface area contributed by atoms with Crippen molar-refractivity contribution in [3.63, 3.8) is 0 Å². The predicted octanol–water partition coefficient (Wildman–Crippen LogP) is -0.0100. The Morgan fingerprint density at radius 2 is 0.500 bits per heavy atom. The van der Waals surface area contributed by atoms with E-state index in [4.69, 9.17) is 0 Å². The predicted molar refractivity (Wildman–Crippen MR) is 0 cm³/mol. The molecule has 0 atom stereocenters. The summed E-state index contributed by atoms with van der Waals surface area (Å²) in [5, 5.41) is 0. The van der Waals surface area contributed by atoms with Gasteiger partial charge in [0, 0.05) is 77.1 Å². The Morgan fingerprint density at radius 1 is 0.500 bits per heavy atom. The number of rotatable bonds is 0. The molecule has 36 valence electrons. The van der Waals surface area contributed by atoms with Crippen molar-refractivity contribution in [1.29, 1.82) is 0 Å². The molecule has 0 aromatic heterocycles.